The number of hydrogen-bond donors (Lipinski definition) is 1. The number of rotatable bonds is 2. The smallest absolute Gasteiger partial charge is 0.335 e. The van der Waals surface area contributed by atoms with Crippen LogP contribution in [0.4, 0.5) is 4.39 Å². The summed E-state index contributed by atoms with van der Waals surface area (Å²) in [5, 5.41) is 0. The SMILES string of the molecule is COC(=O)C1=C2N=C(N)c3ccccc3C2(c2ccccc2F)CC1. The van der Waals surface area contributed by atoms with Gasteiger partial charge in [0.1, 0.15) is 11.7 Å². The van der Waals surface area contributed by atoms with Crippen LogP contribution in [0.25, 0.3) is 0 Å². The zero-order valence-corrected chi connectivity index (χ0v) is 13.8. The van der Waals surface area contributed by atoms with Gasteiger partial charge in [-0.3, -0.25) is 0 Å². The number of esters is 1. The van der Waals surface area contributed by atoms with E-state index >= 15 is 0 Å². The first-order valence-electron chi connectivity index (χ1n) is 8.10. The number of nitrogens with two attached hydrogens (primary N) is 1. The average Bonchev–Trinajstić information content (AvgIpc) is 3.02. The molecular formula is C20H17FN2O2. The van der Waals surface area contributed by atoms with E-state index in [1.165, 1.54) is 13.2 Å². The predicted octanol–water partition coefficient (Wildman–Crippen LogP) is 3.05. The molecule has 0 radical (unpaired) electrons. The van der Waals surface area contributed by atoms with Crippen molar-refractivity contribution in [3.8, 4) is 0 Å². The van der Waals surface area contributed by atoms with E-state index in [1.54, 1.807) is 18.2 Å². The summed E-state index contributed by atoms with van der Waals surface area (Å²) in [6.07, 6.45) is 1.00. The van der Waals surface area contributed by atoms with Crippen LogP contribution in [0.2, 0.25) is 0 Å². The van der Waals surface area contributed by atoms with E-state index in [0.29, 0.717) is 35.5 Å². The van der Waals surface area contributed by atoms with Crippen LogP contribution in [0.15, 0.2) is 64.8 Å². The van der Waals surface area contributed by atoms with Crippen LogP contribution in [0.3, 0.4) is 0 Å². The molecule has 2 aromatic carbocycles. The Labute approximate surface area is 144 Å². The monoisotopic (exact) mass is 336 g/mol. The molecule has 2 aliphatic rings. The van der Waals surface area contributed by atoms with Crippen LogP contribution in [0.1, 0.15) is 29.5 Å². The maximum atomic E-state index is 14.8. The van der Waals surface area contributed by atoms with Gasteiger partial charge in [0, 0.05) is 11.1 Å². The number of aliphatic imine (C=N–C) groups is 1. The second kappa shape index (κ2) is 5.55. The quantitative estimate of drug-likeness (QED) is 0.857. The van der Waals surface area contributed by atoms with Gasteiger partial charge in [-0.2, -0.15) is 0 Å². The lowest BCUT2D eigenvalue weighted by atomic mass is 9.69. The molecule has 1 aliphatic carbocycles. The Kier molecular flexibility index (Phi) is 3.46. The summed E-state index contributed by atoms with van der Waals surface area (Å²) in [4.78, 5) is 16.8. The molecule has 0 fully saturated rings. The molecule has 1 aliphatic heterocycles. The molecule has 1 heterocycles. The predicted molar refractivity (Wildman–Crippen MR) is 92.6 cm³/mol. The minimum Gasteiger partial charge on any atom is -0.466 e. The Morgan fingerprint density at radius 2 is 1.84 bits per heavy atom. The van der Waals surface area contributed by atoms with E-state index in [0.717, 1.165) is 11.1 Å². The van der Waals surface area contributed by atoms with Gasteiger partial charge in [0.05, 0.1) is 23.8 Å². The van der Waals surface area contributed by atoms with E-state index < -0.39 is 11.4 Å². The summed E-state index contributed by atoms with van der Waals surface area (Å²) in [5.41, 5.74) is 8.45. The zero-order chi connectivity index (χ0) is 17.6. The molecule has 2 N–H and O–H groups in total. The molecule has 2 aromatic rings. The molecule has 1 atom stereocenters. The van der Waals surface area contributed by atoms with Gasteiger partial charge in [-0.15, -0.1) is 0 Å². The lowest BCUT2D eigenvalue weighted by Gasteiger charge is -2.36. The first-order valence-corrected chi connectivity index (χ1v) is 8.10. The number of benzene rings is 2. The van der Waals surface area contributed by atoms with Gasteiger partial charge in [-0.05, 0) is 24.5 Å². The topological polar surface area (TPSA) is 64.7 Å². The summed E-state index contributed by atoms with van der Waals surface area (Å²) < 4.78 is 19.7. The Morgan fingerprint density at radius 1 is 1.16 bits per heavy atom. The fourth-order valence-electron chi connectivity index (χ4n) is 4.03. The molecule has 0 amide bonds. The second-order valence-corrected chi connectivity index (χ2v) is 6.25. The summed E-state index contributed by atoms with van der Waals surface area (Å²) in [5.74, 6) is -0.429. The van der Waals surface area contributed by atoms with E-state index in [2.05, 4.69) is 4.99 Å². The van der Waals surface area contributed by atoms with Crippen molar-refractivity contribution in [3.05, 3.63) is 82.3 Å². The van der Waals surface area contributed by atoms with Gasteiger partial charge in [-0.25, -0.2) is 14.2 Å². The number of hydrogen-bond acceptors (Lipinski definition) is 4. The molecular weight excluding hydrogens is 319 g/mol. The number of nitrogens with zero attached hydrogens (tertiary/aromatic N) is 1. The minimum atomic E-state index is -0.825. The van der Waals surface area contributed by atoms with Crippen molar-refractivity contribution in [2.45, 2.75) is 18.3 Å². The highest BCUT2D eigenvalue weighted by Gasteiger charge is 2.50. The molecule has 0 saturated heterocycles. The van der Waals surface area contributed by atoms with Crippen LogP contribution in [-0.4, -0.2) is 18.9 Å². The van der Waals surface area contributed by atoms with Gasteiger partial charge < -0.3 is 10.5 Å². The molecule has 0 spiro atoms. The molecule has 25 heavy (non-hydrogen) atoms. The van der Waals surface area contributed by atoms with Crippen molar-refractivity contribution in [1.29, 1.82) is 0 Å². The number of allylic oxidation sites excluding steroid dienone is 1. The first-order chi connectivity index (χ1) is 12.1. The number of halogens is 1. The number of methoxy groups -OCH3 is 1. The van der Waals surface area contributed by atoms with Gasteiger partial charge in [-0.1, -0.05) is 42.5 Å². The Balaban J connectivity index is 2.10. The number of ether oxygens (including phenoxy) is 1. The summed E-state index contributed by atoms with van der Waals surface area (Å²) in [6.45, 7) is 0. The maximum Gasteiger partial charge on any atom is 0.335 e. The van der Waals surface area contributed by atoms with Crippen molar-refractivity contribution >= 4 is 11.8 Å². The van der Waals surface area contributed by atoms with Crippen LogP contribution >= 0.6 is 0 Å². The lowest BCUT2D eigenvalue weighted by Crippen LogP contribution is -2.36. The Bertz CT molecular complexity index is 948. The van der Waals surface area contributed by atoms with Crippen molar-refractivity contribution in [2.75, 3.05) is 7.11 Å². The first kappa shape index (κ1) is 15.6. The third-order valence-corrected chi connectivity index (χ3v) is 5.10. The molecule has 5 heteroatoms. The van der Waals surface area contributed by atoms with Crippen molar-refractivity contribution in [3.63, 3.8) is 0 Å². The molecule has 0 aromatic heterocycles. The summed E-state index contributed by atoms with van der Waals surface area (Å²) in [7, 11) is 1.34. The highest BCUT2D eigenvalue weighted by atomic mass is 19.1. The fraction of sp³-hybridized carbons (Fsp3) is 0.200. The van der Waals surface area contributed by atoms with Crippen molar-refractivity contribution < 1.29 is 13.9 Å². The number of carbonyl (C=O) groups is 1. The van der Waals surface area contributed by atoms with E-state index in [9.17, 15) is 9.18 Å². The lowest BCUT2D eigenvalue weighted by molar-refractivity contribution is -0.136. The number of amidine groups is 1. The number of carbonyl (C=O) groups excluding carboxylic acids is 1. The number of fused-ring (bicyclic) bond motifs is 3. The fourth-order valence-corrected chi connectivity index (χ4v) is 4.03. The molecule has 4 rings (SSSR count). The van der Waals surface area contributed by atoms with Gasteiger partial charge in [0.25, 0.3) is 0 Å². The van der Waals surface area contributed by atoms with Crippen LogP contribution < -0.4 is 5.73 Å². The molecule has 4 nitrogen and oxygen atoms in total. The van der Waals surface area contributed by atoms with E-state index in [4.69, 9.17) is 10.5 Å². The van der Waals surface area contributed by atoms with E-state index in [-0.39, 0.29) is 5.82 Å². The molecule has 0 bridgehead atoms. The van der Waals surface area contributed by atoms with Crippen LogP contribution in [0, 0.1) is 5.82 Å². The van der Waals surface area contributed by atoms with Crippen molar-refractivity contribution in [2.24, 2.45) is 10.7 Å². The van der Waals surface area contributed by atoms with Crippen LogP contribution in [0.5, 0.6) is 0 Å². The summed E-state index contributed by atoms with van der Waals surface area (Å²) in [6, 6.07) is 14.2. The van der Waals surface area contributed by atoms with Crippen molar-refractivity contribution in [1.82, 2.24) is 0 Å². The Hall–Kier alpha value is -2.95. The van der Waals surface area contributed by atoms with Gasteiger partial charge in [0.2, 0.25) is 0 Å². The molecule has 1 unspecified atom stereocenters. The van der Waals surface area contributed by atoms with E-state index in [1.807, 2.05) is 24.3 Å². The Morgan fingerprint density at radius 3 is 2.56 bits per heavy atom. The second-order valence-electron chi connectivity index (χ2n) is 6.25. The highest BCUT2D eigenvalue weighted by Crippen LogP contribution is 2.54. The minimum absolute atomic E-state index is 0.323. The standard InChI is InChI=1S/C20H17FN2O2/c1-25-19(24)13-10-11-20(15-8-4-5-9-16(15)21)14-7-3-2-6-12(14)18(22)23-17(13)20/h2-9H,10-11H2,1H3,(H2,22,23). The zero-order valence-electron chi connectivity index (χ0n) is 13.8. The molecule has 126 valence electrons. The maximum absolute atomic E-state index is 14.8. The van der Waals surface area contributed by atoms with Gasteiger partial charge >= 0.3 is 5.97 Å². The van der Waals surface area contributed by atoms with Crippen LogP contribution in [-0.2, 0) is 14.9 Å². The normalized spacial score (nSPS) is 21.4. The summed E-state index contributed by atoms with van der Waals surface area (Å²) >= 11 is 0. The highest BCUT2D eigenvalue weighted by molar-refractivity contribution is 6.03. The van der Waals surface area contributed by atoms with Gasteiger partial charge in [0.15, 0.2) is 0 Å². The molecule has 0 saturated carbocycles. The third-order valence-electron chi connectivity index (χ3n) is 5.10. The average molecular weight is 336 g/mol. The largest absolute Gasteiger partial charge is 0.466 e. The third kappa shape index (κ3) is 2.05.